The minimum atomic E-state index is -1.36. The number of rotatable bonds is 4. The summed E-state index contributed by atoms with van der Waals surface area (Å²) in [5.74, 6) is -1.30. The maximum Gasteiger partial charge on any atom is 0.328 e. The van der Waals surface area contributed by atoms with E-state index in [9.17, 15) is 19.8 Å². The maximum atomic E-state index is 11.7. The van der Waals surface area contributed by atoms with Gasteiger partial charge in [0, 0.05) is 0 Å². The van der Waals surface area contributed by atoms with Crippen molar-refractivity contribution in [3.8, 4) is 0 Å². The van der Waals surface area contributed by atoms with Gasteiger partial charge in [-0.15, -0.1) is 0 Å². The Morgan fingerprint density at radius 2 is 1.84 bits per heavy atom. The number of aliphatic hydroxyl groups is 2. The molecule has 2 unspecified atom stereocenters. The van der Waals surface area contributed by atoms with Gasteiger partial charge in [-0.2, -0.15) is 0 Å². The molecule has 0 aromatic rings. The van der Waals surface area contributed by atoms with Crippen LogP contribution in [-0.2, 0) is 4.79 Å². The molecule has 0 aliphatic heterocycles. The van der Waals surface area contributed by atoms with Crippen LogP contribution in [-0.4, -0.2) is 51.6 Å². The van der Waals surface area contributed by atoms with E-state index in [1.807, 2.05) is 0 Å². The lowest BCUT2D eigenvalue weighted by atomic mass is 10.1. The molecule has 1 saturated carbocycles. The zero-order valence-electron chi connectivity index (χ0n) is 11.0. The predicted octanol–water partition coefficient (Wildman–Crippen LogP) is -0.187. The molecule has 7 heteroatoms. The second-order valence-corrected chi connectivity index (χ2v) is 4.99. The number of carbonyl (C=O) groups excluding carboxylic acids is 1. The fourth-order valence-corrected chi connectivity index (χ4v) is 2.20. The molecule has 19 heavy (non-hydrogen) atoms. The molecule has 0 bridgehead atoms. The Morgan fingerprint density at radius 3 is 2.42 bits per heavy atom. The van der Waals surface area contributed by atoms with E-state index >= 15 is 0 Å². The quantitative estimate of drug-likeness (QED) is 0.455. The van der Waals surface area contributed by atoms with E-state index in [1.54, 1.807) is 0 Å². The van der Waals surface area contributed by atoms with Crippen LogP contribution < -0.4 is 10.6 Å². The SMILES string of the molecule is C[C@@H](O)[C@H](NC(=O)NC1CCCCCC1O)C(=O)O. The summed E-state index contributed by atoms with van der Waals surface area (Å²) in [7, 11) is 0. The van der Waals surface area contributed by atoms with Gasteiger partial charge in [-0.3, -0.25) is 0 Å². The van der Waals surface area contributed by atoms with E-state index in [2.05, 4.69) is 10.6 Å². The highest BCUT2D eigenvalue weighted by molar-refractivity contribution is 5.83. The molecule has 0 aromatic heterocycles. The minimum absolute atomic E-state index is 0.369. The van der Waals surface area contributed by atoms with E-state index in [0.29, 0.717) is 12.8 Å². The van der Waals surface area contributed by atoms with Gasteiger partial charge in [0.1, 0.15) is 0 Å². The number of carboxylic acid groups (broad SMARTS) is 1. The highest BCUT2D eigenvalue weighted by Gasteiger charge is 2.28. The molecular formula is C12H22N2O5. The van der Waals surface area contributed by atoms with Gasteiger partial charge in [0.15, 0.2) is 6.04 Å². The van der Waals surface area contributed by atoms with Crippen molar-refractivity contribution in [2.75, 3.05) is 0 Å². The number of carbonyl (C=O) groups is 2. The summed E-state index contributed by atoms with van der Waals surface area (Å²) in [6.07, 6.45) is 2.35. The molecule has 7 nitrogen and oxygen atoms in total. The van der Waals surface area contributed by atoms with Gasteiger partial charge in [0.25, 0.3) is 0 Å². The first-order chi connectivity index (χ1) is 8.91. The smallest absolute Gasteiger partial charge is 0.328 e. The lowest BCUT2D eigenvalue weighted by Crippen LogP contribution is -2.54. The topological polar surface area (TPSA) is 119 Å². The molecule has 1 fully saturated rings. The van der Waals surface area contributed by atoms with E-state index in [0.717, 1.165) is 19.3 Å². The van der Waals surface area contributed by atoms with Crippen molar-refractivity contribution in [3.05, 3.63) is 0 Å². The van der Waals surface area contributed by atoms with Crippen LogP contribution in [0.5, 0.6) is 0 Å². The van der Waals surface area contributed by atoms with Crippen LogP contribution in [0.2, 0.25) is 0 Å². The number of aliphatic hydroxyl groups excluding tert-OH is 2. The third-order valence-corrected chi connectivity index (χ3v) is 3.33. The Labute approximate surface area is 112 Å². The van der Waals surface area contributed by atoms with E-state index < -0.39 is 30.3 Å². The normalized spacial score (nSPS) is 26.9. The first kappa shape index (κ1) is 15.7. The standard InChI is InChI=1S/C12H22N2O5/c1-7(15)10(11(17)18)14-12(19)13-8-5-3-2-4-6-9(8)16/h7-10,15-16H,2-6H2,1H3,(H,17,18)(H2,13,14,19)/t7-,8?,9?,10+/m1/s1. The number of urea groups is 1. The molecule has 0 aromatic carbocycles. The largest absolute Gasteiger partial charge is 0.480 e. The zero-order chi connectivity index (χ0) is 14.4. The summed E-state index contributed by atoms with van der Waals surface area (Å²) in [6, 6.07) is -2.41. The van der Waals surface area contributed by atoms with Gasteiger partial charge in [-0.05, 0) is 19.8 Å². The fourth-order valence-electron chi connectivity index (χ4n) is 2.20. The maximum absolute atomic E-state index is 11.7. The zero-order valence-corrected chi connectivity index (χ0v) is 11.0. The molecule has 110 valence electrons. The van der Waals surface area contributed by atoms with Crippen molar-refractivity contribution in [1.82, 2.24) is 10.6 Å². The van der Waals surface area contributed by atoms with Crippen molar-refractivity contribution in [2.24, 2.45) is 0 Å². The molecule has 2 amide bonds. The Morgan fingerprint density at radius 1 is 1.21 bits per heavy atom. The van der Waals surface area contributed by atoms with Crippen LogP contribution in [0.15, 0.2) is 0 Å². The Kier molecular flexibility index (Phi) is 6.04. The van der Waals surface area contributed by atoms with E-state index in [1.165, 1.54) is 6.92 Å². The van der Waals surface area contributed by atoms with Crippen molar-refractivity contribution in [2.45, 2.75) is 63.3 Å². The summed E-state index contributed by atoms with van der Waals surface area (Å²) in [5, 5.41) is 32.7. The summed E-state index contributed by atoms with van der Waals surface area (Å²) >= 11 is 0. The van der Waals surface area contributed by atoms with Crippen molar-refractivity contribution < 1.29 is 24.9 Å². The van der Waals surface area contributed by atoms with Gasteiger partial charge in [-0.1, -0.05) is 19.3 Å². The summed E-state index contributed by atoms with van der Waals surface area (Å²) < 4.78 is 0. The van der Waals surface area contributed by atoms with E-state index in [4.69, 9.17) is 5.11 Å². The molecule has 1 rings (SSSR count). The van der Waals surface area contributed by atoms with Gasteiger partial charge in [0.2, 0.25) is 0 Å². The second kappa shape index (κ2) is 7.30. The van der Waals surface area contributed by atoms with Crippen LogP contribution in [0, 0.1) is 0 Å². The number of hydrogen-bond acceptors (Lipinski definition) is 4. The lowest BCUT2D eigenvalue weighted by molar-refractivity contribution is -0.141. The second-order valence-electron chi connectivity index (χ2n) is 4.99. The van der Waals surface area contributed by atoms with Crippen molar-refractivity contribution in [3.63, 3.8) is 0 Å². The first-order valence-corrected chi connectivity index (χ1v) is 6.57. The average Bonchev–Trinajstić information content (AvgIpc) is 2.51. The van der Waals surface area contributed by atoms with Crippen LogP contribution in [0.3, 0.4) is 0 Å². The molecule has 5 N–H and O–H groups in total. The lowest BCUT2D eigenvalue weighted by Gasteiger charge is -2.24. The van der Waals surface area contributed by atoms with E-state index in [-0.39, 0.29) is 6.04 Å². The molecule has 0 saturated heterocycles. The van der Waals surface area contributed by atoms with Crippen molar-refractivity contribution in [1.29, 1.82) is 0 Å². The van der Waals surface area contributed by atoms with Gasteiger partial charge >= 0.3 is 12.0 Å². The number of nitrogens with one attached hydrogen (secondary N) is 2. The van der Waals surface area contributed by atoms with Crippen LogP contribution in [0.4, 0.5) is 4.79 Å². The molecule has 0 heterocycles. The summed E-state index contributed by atoms with van der Waals surface area (Å²) in [4.78, 5) is 22.5. The Bertz CT molecular complexity index is 321. The fraction of sp³-hybridized carbons (Fsp3) is 0.833. The molecule has 0 spiro atoms. The summed E-state index contributed by atoms with van der Waals surface area (Å²) in [5.41, 5.74) is 0. The third kappa shape index (κ3) is 5.04. The van der Waals surface area contributed by atoms with Crippen molar-refractivity contribution >= 4 is 12.0 Å². The Hall–Kier alpha value is -1.34. The summed E-state index contributed by atoms with van der Waals surface area (Å²) in [6.45, 7) is 1.29. The predicted molar refractivity (Wildman–Crippen MR) is 67.7 cm³/mol. The highest BCUT2D eigenvalue weighted by Crippen LogP contribution is 2.17. The first-order valence-electron chi connectivity index (χ1n) is 6.57. The number of hydrogen-bond donors (Lipinski definition) is 5. The third-order valence-electron chi connectivity index (χ3n) is 3.33. The molecular weight excluding hydrogens is 252 g/mol. The van der Waals surface area contributed by atoms with Crippen LogP contribution in [0.25, 0.3) is 0 Å². The number of carboxylic acids is 1. The van der Waals surface area contributed by atoms with Gasteiger partial charge < -0.3 is 26.0 Å². The molecule has 0 radical (unpaired) electrons. The number of amides is 2. The van der Waals surface area contributed by atoms with Crippen LogP contribution in [0.1, 0.15) is 39.0 Å². The van der Waals surface area contributed by atoms with Crippen LogP contribution >= 0.6 is 0 Å². The number of aliphatic carboxylic acids is 1. The monoisotopic (exact) mass is 274 g/mol. The van der Waals surface area contributed by atoms with Gasteiger partial charge in [-0.25, -0.2) is 9.59 Å². The minimum Gasteiger partial charge on any atom is -0.480 e. The molecule has 1 aliphatic rings. The Balaban J connectivity index is 2.51. The molecule has 1 aliphatic carbocycles. The van der Waals surface area contributed by atoms with Gasteiger partial charge in [0.05, 0.1) is 18.2 Å². The highest BCUT2D eigenvalue weighted by atomic mass is 16.4. The molecule has 4 atom stereocenters. The average molecular weight is 274 g/mol.